The zero-order valence-corrected chi connectivity index (χ0v) is 13.3. The number of aliphatic hydroxyl groups excluding tert-OH is 1. The van der Waals surface area contributed by atoms with Gasteiger partial charge in [0.05, 0.1) is 24.4 Å². The lowest BCUT2D eigenvalue weighted by atomic mass is 9.87. The highest BCUT2D eigenvalue weighted by atomic mass is 127. The van der Waals surface area contributed by atoms with Crippen LogP contribution in [0.1, 0.15) is 44.9 Å². The zero-order chi connectivity index (χ0) is 13.7. The van der Waals surface area contributed by atoms with E-state index in [1.165, 1.54) is 0 Å². The molecule has 1 unspecified atom stereocenters. The highest BCUT2D eigenvalue weighted by molar-refractivity contribution is 14.1. The standard InChI is InChI=1S/C14H22INO3/c15-10-14-9-12(4-2-8-17)18-13(14)6-5-11(19-14)3-1-7-16/h11-13,17H,1-6,8-10H2/t11-,12-,13-,14?/m0/s1. The summed E-state index contributed by atoms with van der Waals surface area (Å²) in [5.74, 6) is 0. The second-order valence-corrected chi connectivity index (χ2v) is 6.29. The molecular weight excluding hydrogens is 357 g/mol. The van der Waals surface area contributed by atoms with Crippen LogP contribution in [0.4, 0.5) is 0 Å². The lowest BCUT2D eigenvalue weighted by Gasteiger charge is -2.41. The summed E-state index contributed by atoms with van der Waals surface area (Å²) in [5, 5.41) is 17.6. The number of hydrogen-bond donors (Lipinski definition) is 1. The number of rotatable bonds is 6. The number of alkyl halides is 1. The quantitative estimate of drug-likeness (QED) is 0.569. The summed E-state index contributed by atoms with van der Waals surface area (Å²) in [7, 11) is 0. The molecular formula is C14H22INO3. The van der Waals surface area contributed by atoms with Crippen LogP contribution in [0.5, 0.6) is 0 Å². The second kappa shape index (κ2) is 7.21. The third-order valence-corrected chi connectivity index (χ3v) is 5.45. The van der Waals surface area contributed by atoms with E-state index >= 15 is 0 Å². The van der Waals surface area contributed by atoms with Crippen molar-refractivity contribution in [2.45, 2.75) is 68.9 Å². The van der Waals surface area contributed by atoms with Gasteiger partial charge in [-0.05, 0) is 32.1 Å². The molecule has 0 bridgehead atoms. The van der Waals surface area contributed by atoms with Gasteiger partial charge in [0, 0.05) is 23.9 Å². The fourth-order valence-corrected chi connectivity index (χ4v) is 4.18. The summed E-state index contributed by atoms with van der Waals surface area (Å²) < 4.78 is 13.4. The largest absolute Gasteiger partial charge is 0.396 e. The number of nitrogens with zero attached hydrogens (tertiary/aromatic N) is 1. The van der Waals surface area contributed by atoms with Gasteiger partial charge in [-0.1, -0.05) is 22.6 Å². The van der Waals surface area contributed by atoms with Crippen LogP contribution < -0.4 is 0 Å². The zero-order valence-electron chi connectivity index (χ0n) is 11.2. The molecule has 2 fully saturated rings. The molecule has 0 amide bonds. The molecule has 2 heterocycles. The first-order valence-corrected chi connectivity index (χ1v) is 8.63. The highest BCUT2D eigenvalue weighted by Gasteiger charge is 2.51. The Bertz CT molecular complexity index is 333. The molecule has 0 aliphatic carbocycles. The van der Waals surface area contributed by atoms with Crippen molar-refractivity contribution >= 4 is 22.6 Å². The molecule has 0 aromatic heterocycles. The van der Waals surface area contributed by atoms with E-state index in [1.54, 1.807) is 0 Å². The SMILES string of the molecule is N#CCC[C@H]1CC[C@@H]2O[C@@H](CCCO)CC2(CI)O1. The van der Waals surface area contributed by atoms with E-state index in [4.69, 9.17) is 19.8 Å². The van der Waals surface area contributed by atoms with E-state index in [2.05, 4.69) is 28.7 Å². The first-order chi connectivity index (χ1) is 9.24. The maximum Gasteiger partial charge on any atom is 0.106 e. The van der Waals surface area contributed by atoms with Gasteiger partial charge >= 0.3 is 0 Å². The first-order valence-electron chi connectivity index (χ1n) is 7.11. The van der Waals surface area contributed by atoms with E-state index in [-0.39, 0.29) is 30.5 Å². The molecule has 2 aliphatic heterocycles. The number of nitriles is 1. The van der Waals surface area contributed by atoms with Gasteiger partial charge in [-0.25, -0.2) is 0 Å². The maximum absolute atomic E-state index is 8.93. The molecule has 2 saturated heterocycles. The molecule has 4 atom stereocenters. The lowest BCUT2D eigenvalue weighted by Crippen LogP contribution is -2.49. The van der Waals surface area contributed by atoms with Crippen LogP contribution in [0, 0.1) is 11.3 Å². The Balaban J connectivity index is 1.95. The fraction of sp³-hybridized carbons (Fsp3) is 0.929. The molecule has 1 N–H and O–H groups in total. The van der Waals surface area contributed by atoms with E-state index in [0.29, 0.717) is 6.42 Å². The minimum atomic E-state index is -0.154. The van der Waals surface area contributed by atoms with Crippen molar-refractivity contribution in [1.82, 2.24) is 0 Å². The topological polar surface area (TPSA) is 62.5 Å². The Morgan fingerprint density at radius 1 is 1.32 bits per heavy atom. The molecule has 2 aliphatic rings. The van der Waals surface area contributed by atoms with Crippen molar-refractivity contribution in [3.05, 3.63) is 0 Å². The lowest BCUT2D eigenvalue weighted by molar-refractivity contribution is -0.153. The predicted octanol–water partition coefficient (Wildman–Crippen LogP) is 2.57. The molecule has 108 valence electrons. The third-order valence-electron chi connectivity index (χ3n) is 4.16. The smallest absolute Gasteiger partial charge is 0.106 e. The Morgan fingerprint density at radius 3 is 2.84 bits per heavy atom. The van der Waals surface area contributed by atoms with Crippen molar-refractivity contribution in [1.29, 1.82) is 5.26 Å². The highest BCUT2D eigenvalue weighted by Crippen LogP contribution is 2.44. The van der Waals surface area contributed by atoms with Gasteiger partial charge in [-0.2, -0.15) is 5.26 Å². The van der Waals surface area contributed by atoms with Crippen LogP contribution in [0.2, 0.25) is 0 Å². The second-order valence-electron chi connectivity index (χ2n) is 5.53. The van der Waals surface area contributed by atoms with Gasteiger partial charge in [0.2, 0.25) is 0 Å². The Labute approximate surface area is 128 Å². The number of ether oxygens (including phenoxy) is 2. The van der Waals surface area contributed by atoms with Gasteiger partial charge in [0.25, 0.3) is 0 Å². The van der Waals surface area contributed by atoms with Crippen molar-refractivity contribution in [2.75, 3.05) is 11.0 Å². The minimum Gasteiger partial charge on any atom is -0.396 e. The van der Waals surface area contributed by atoms with E-state index in [0.717, 1.165) is 43.0 Å². The first kappa shape index (κ1) is 15.5. The monoisotopic (exact) mass is 379 g/mol. The Hall–Kier alpha value is 0.1000. The van der Waals surface area contributed by atoms with Gasteiger partial charge in [-0.15, -0.1) is 0 Å². The molecule has 0 spiro atoms. The molecule has 0 radical (unpaired) electrons. The van der Waals surface area contributed by atoms with Gasteiger partial charge in [0.1, 0.15) is 5.60 Å². The van der Waals surface area contributed by atoms with Crippen LogP contribution in [0.25, 0.3) is 0 Å². The number of fused-ring (bicyclic) bond motifs is 1. The van der Waals surface area contributed by atoms with Crippen LogP contribution >= 0.6 is 22.6 Å². The van der Waals surface area contributed by atoms with E-state index in [1.807, 2.05) is 0 Å². The van der Waals surface area contributed by atoms with Crippen molar-refractivity contribution in [3.63, 3.8) is 0 Å². The third kappa shape index (κ3) is 3.60. The molecule has 0 saturated carbocycles. The summed E-state index contributed by atoms with van der Waals surface area (Å²) in [4.78, 5) is 0. The van der Waals surface area contributed by atoms with Crippen LogP contribution in [0.3, 0.4) is 0 Å². The normalized spacial score (nSPS) is 37.8. The van der Waals surface area contributed by atoms with Gasteiger partial charge in [0.15, 0.2) is 0 Å². The number of hydrogen-bond acceptors (Lipinski definition) is 4. The fourth-order valence-electron chi connectivity index (χ4n) is 3.19. The molecule has 0 aromatic rings. The van der Waals surface area contributed by atoms with Crippen LogP contribution in [-0.4, -0.2) is 40.1 Å². The maximum atomic E-state index is 8.93. The summed E-state index contributed by atoms with van der Waals surface area (Å²) >= 11 is 2.39. The molecule has 2 rings (SSSR count). The Morgan fingerprint density at radius 2 is 2.16 bits per heavy atom. The number of aliphatic hydroxyl groups is 1. The number of halogens is 1. The Kier molecular flexibility index (Phi) is 5.87. The average molecular weight is 379 g/mol. The summed E-state index contributed by atoms with van der Waals surface area (Å²) in [6.45, 7) is 0.230. The van der Waals surface area contributed by atoms with E-state index < -0.39 is 0 Å². The van der Waals surface area contributed by atoms with Crippen LogP contribution in [0.15, 0.2) is 0 Å². The van der Waals surface area contributed by atoms with Crippen LogP contribution in [-0.2, 0) is 9.47 Å². The molecule has 19 heavy (non-hydrogen) atoms. The average Bonchev–Trinajstić information content (AvgIpc) is 2.81. The van der Waals surface area contributed by atoms with Crippen molar-refractivity contribution in [2.24, 2.45) is 0 Å². The summed E-state index contributed by atoms with van der Waals surface area (Å²) in [6.07, 6.45) is 6.73. The van der Waals surface area contributed by atoms with Gasteiger partial charge < -0.3 is 14.6 Å². The van der Waals surface area contributed by atoms with Gasteiger partial charge in [-0.3, -0.25) is 0 Å². The minimum absolute atomic E-state index is 0.154. The molecule has 4 nitrogen and oxygen atoms in total. The predicted molar refractivity (Wildman–Crippen MR) is 80.2 cm³/mol. The summed E-state index contributed by atoms with van der Waals surface area (Å²) in [5.41, 5.74) is -0.154. The summed E-state index contributed by atoms with van der Waals surface area (Å²) in [6, 6.07) is 2.20. The van der Waals surface area contributed by atoms with Crippen molar-refractivity contribution in [3.8, 4) is 6.07 Å². The van der Waals surface area contributed by atoms with Crippen molar-refractivity contribution < 1.29 is 14.6 Å². The van der Waals surface area contributed by atoms with E-state index in [9.17, 15) is 0 Å². The molecule has 5 heteroatoms. The molecule has 0 aromatic carbocycles.